The number of hydrogen-bond donors (Lipinski definition) is 2. The minimum absolute atomic E-state index is 0.0831. The topological polar surface area (TPSA) is 61.4 Å². The van der Waals surface area contributed by atoms with Gasteiger partial charge in [0.15, 0.2) is 0 Å². The summed E-state index contributed by atoms with van der Waals surface area (Å²) in [6.45, 7) is 9.93. The second-order valence-electron chi connectivity index (χ2n) is 5.94. The first-order valence-corrected chi connectivity index (χ1v) is 8.37. The van der Waals surface area contributed by atoms with E-state index in [9.17, 15) is 9.59 Å². The standard InChI is InChI=1S/C18H29N3O2/c1-5-21(6-2)17(22)16(15-10-8-7-9-11-15)20-18(23)19-13-12-14(3)4/h7-11,14,16H,5-6,12-13H2,1-4H3,(H2,19,20,23)/t16-/m1/s1. The van der Waals surface area contributed by atoms with Crippen molar-refractivity contribution in [1.29, 1.82) is 0 Å². The van der Waals surface area contributed by atoms with Crippen LogP contribution in [-0.4, -0.2) is 36.5 Å². The molecule has 2 N–H and O–H groups in total. The van der Waals surface area contributed by atoms with Crippen molar-refractivity contribution in [3.05, 3.63) is 35.9 Å². The number of nitrogens with one attached hydrogen (secondary N) is 2. The van der Waals surface area contributed by atoms with Gasteiger partial charge in [0.25, 0.3) is 0 Å². The Morgan fingerprint density at radius 3 is 2.22 bits per heavy atom. The van der Waals surface area contributed by atoms with Crippen LogP contribution < -0.4 is 10.6 Å². The SMILES string of the molecule is CCN(CC)C(=O)[C@H](NC(=O)NCCC(C)C)c1ccccc1. The van der Waals surface area contributed by atoms with E-state index in [1.54, 1.807) is 4.90 Å². The van der Waals surface area contributed by atoms with Crippen molar-refractivity contribution < 1.29 is 9.59 Å². The molecule has 1 aromatic rings. The Kier molecular flexibility index (Phi) is 8.16. The van der Waals surface area contributed by atoms with Crippen molar-refractivity contribution in [2.75, 3.05) is 19.6 Å². The number of amides is 3. The summed E-state index contributed by atoms with van der Waals surface area (Å²) in [5, 5.41) is 5.64. The summed E-state index contributed by atoms with van der Waals surface area (Å²) in [5.41, 5.74) is 0.795. The van der Waals surface area contributed by atoms with Gasteiger partial charge >= 0.3 is 6.03 Å². The van der Waals surface area contributed by atoms with Crippen LogP contribution in [0.2, 0.25) is 0 Å². The first-order valence-electron chi connectivity index (χ1n) is 8.37. The molecule has 0 aliphatic carbocycles. The third kappa shape index (κ3) is 6.30. The number of nitrogens with zero attached hydrogens (tertiary/aromatic N) is 1. The van der Waals surface area contributed by atoms with Gasteiger partial charge in [-0.2, -0.15) is 0 Å². The van der Waals surface area contributed by atoms with Crippen LogP contribution in [0.3, 0.4) is 0 Å². The first kappa shape index (κ1) is 19.0. The van der Waals surface area contributed by atoms with Crippen LogP contribution >= 0.6 is 0 Å². The van der Waals surface area contributed by atoms with Gasteiger partial charge in [-0.3, -0.25) is 4.79 Å². The second-order valence-corrected chi connectivity index (χ2v) is 5.94. The molecule has 5 heteroatoms. The molecule has 5 nitrogen and oxygen atoms in total. The van der Waals surface area contributed by atoms with Crippen LogP contribution in [0.15, 0.2) is 30.3 Å². The van der Waals surface area contributed by atoms with E-state index in [2.05, 4.69) is 24.5 Å². The minimum Gasteiger partial charge on any atom is -0.341 e. The molecule has 23 heavy (non-hydrogen) atoms. The molecule has 0 heterocycles. The van der Waals surface area contributed by atoms with Crippen molar-refractivity contribution in [2.45, 2.75) is 40.2 Å². The lowest BCUT2D eigenvalue weighted by molar-refractivity contribution is -0.133. The summed E-state index contributed by atoms with van der Waals surface area (Å²) < 4.78 is 0. The average Bonchev–Trinajstić information content (AvgIpc) is 2.54. The second kappa shape index (κ2) is 9.87. The number of benzene rings is 1. The van der Waals surface area contributed by atoms with Crippen molar-refractivity contribution in [2.24, 2.45) is 5.92 Å². The number of carbonyl (C=O) groups excluding carboxylic acids is 2. The Balaban J connectivity index is 2.80. The van der Waals surface area contributed by atoms with E-state index in [1.165, 1.54) is 0 Å². The normalized spacial score (nSPS) is 11.9. The maximum Gasteiger partial charge on any atom is 0.315 e. The van der Waals surface area contributed by atoms with E-state index in [4.69, 9.17) is 0 Å². The van der Waals surface area contributed by atoms with E-state index < -0.39 is 6.04 Å². The van der Waals surface area contributed by atoms with Gasteiger partial charge < -0.3 is 15.5 Å². The zero-order valence-electron chi connectivity index (χ0n) is 14.6. The molecule has 0 aliphatic rings. The molecule has 0 aliphatic heterocycles. The van der Waals surface area contributed by atoms with Gasteiger partial charge in [-0.15, -0.1) is 0 Å². The predicted molar refractivity (Wildman–Crippen MR) is 93.1 cm³/mol. The summed E-state index contributed by atoms with van der Waals surface area (Å²) in [6.07, 6.45) is 0.910. The lowest BCUT2D eigenvalue weighted by atomic mass is 10.1. The highest BCUT2D eigenvalue weighted by atomic mass is 16.2. The molecule has 0 saturated carbocycles. The molecule has 1 aromatic carbocycles. The number of urea groups is 1. The third-order valence-corrected chi connectivity index (χ3v) is 3.74. The van der Waals surface area contributed by atoms with E-state index >= 15 is 0 Å². The van der Waals surface area contributed by atoms with Gasteiger partial charge in [-0.1, -0.05) is 44.2 Å². The zero-order chi connectivity index (χ0) is 17.2. The molecule has 0 fully saturated rings. The Hall–Kier alpha value is -2.04. The van der Waals surface area contributed by atoms with Gasteiger partial charge in [-0.05, 0) is 31.7 Å². The summed E-state index contributed by atoms with van der Waals surface area (Å²) in [5.74, 6) is 0.442. The van der Waals surface area contributed by atoms with Crippen molar-refractivity contribution in [1.82, 2.24) is 15.5 Å². The zero-order valence-corrected chi connectivity index (χ0v) is 14.6. The minimum atomic E-state index is -0.657. The molecule has 0 bridgehead atoms. The number of rotatable bonds is 8. The lowest BCUT2D eigenvalue weighted by Crippen LogP contribution is -2.46. The molecular weight excluding hydrogens is 290 g/mol. The third-order valence-electron chi connectivity index (χ3n) is 3.74. The van der Waals surface area contributed by atoms with Crippen LogP contribution in [-0.2, 0) is 4.79 Å². The van der Waals surface area contributed by atoms with Crippen LogP contribution in [0, 0.1) is 5.92 Å². The molecule has 0 radical (unpaired) electrons. The Morgan fingerprint density at radius 2 is 1.70 bits per heavy atom. The number of hydrogen-bond acceptors (Lipinski definition) is 2. The monoisotopic (exact) mass is 319 g/mol. The number of carbonyl (C=O) groups is 2. The Bertz CT molecular complexity index is 484. The van der Waals surface area contributed by atoms with E-state index in [0.29, 0.717) is 25.6 Å². The summed E-state index contributed by atoms with van der Waals surface area (Å²) in [7, 11) is 0. The maximum atomic E-state index is 12.7. The predicted octanol–water partition coefficient (Wildman–Crippen LogP) is 2.94. The molecule has 0 aromatic heterocycles. The molecule has 0 saturated heterocycles. The highest BCUT2D eigenvalue weighted by molar-refractivity contribution is 5.88. The Morgan fingerprint density at radius 1 is 1.09 bits per heavy atom. The lowest BCUT2D eigenvalue weighted by Gasteiger charge is -2.26. The van der Waals surface area contributed by atoms with Crippen LogP contribution in [0.25, 0.3) is 0 Å². The fourth-order valence-electron chi connectivity index (χ4n) is 2.31. The molecule has 0 unspecified atom stereocenters. The van der Waals surface area contributed by atoms with Crippen molar-refractivity contribution in [3.63, 3.8) is 0 Å². The molecular formula is C18H29N3O2. The van der Waals surface area contributed by atoms with E-state index in [1.807, 2.05) is 44.2 Å². The fraction of sp³-hybridized carbons (Fsp3) is 0.556. The van der Waals surface area contributed by atoms with E-state index in [-0.39, 0.29) is 11.9 Å². The quantitative estimate of drug-likeness (QED) is 0.774. The van der Waals surface area contributed by atoms with Gasteiger partial charge in [0.1, 0.15) is 6.04 Å². The highest BCUT2D eigenvalue weighted by Crippen LogP contribution is 2.15. The molecule has 128 valence electrons. The van der Waals surface area contributed by atoms with Gasteiger partial charge in [0.2, 0.25) is 5.91 Å². The summed E-state index contributed by atoms with van der Waals surface area (Å²) in [6, 6.07) is 8.40. The molecule has 1 rings (SSSR count). The van der Waals surface area contributed by atoms with Crippen molar-refractivity contribution >= 4 is 11.9 Å². The Labute approximate surface area is 139 Å². The smallest absolute Gasteiger partial charge is 0.315 e. The van der Waals surface area contributed by atoms with Gasteiger partial charge in [0.05, 0.1) is 0 Å². The average molecular weight is 319 g/mol. The highest BCUT2D eigenvalue weighted by Gasteiger charge is 2.25. The maximum absolute atomic E-state index is 12.7. The number of likely N-dealkylation sites (N-methyl/N-ethyl adjacent to an activating group) is 1. The molecule has 0 spiro atoms. The fourth-order valence-corrected chi connectivity index (χ4v) is 2.31. The van der Waals surface area contributed by atoms with Crippen LogP contribution in [0.1, 0.15) is 45.7 Å². The largest absolute Gasteiger partial charge is 0.341 e. The van der Waals surface area contributed by atoms with Crippen molar-refractivity contribution in [3.8, 4) is 0 Å². The first-order chi connectivity index (χ1) is 11.0. The van der Waals surface area contributed by atoms with Gasteiger partial charge in [0, 0.05) is 19.6 Å². The molecule has 1 atom stereocenters. The van der Waals surface area contributed by atoms with Crippen LogP contribution in [0.5, 0.6) is 0 Å². The van der Waals surface area contributed by atoms with E-state index in [0.717, 1.165) is 12.0 Å². The summed E-state index contributed by atoms with van der Waals surface area (Å²) >= 11 is 0. The summed E-state index contributed by atoms with van der Waals surface area (Å²) in [4.78, 5) is 26.6. The molecule has 3 amide bonds. The van der Waals surface area contributed by atoms with Gasteiger partial charge in [-0.25, -0.2) is 4.79 Å². The van der Waals surface area contributed by atoms with Crippen LogP contribution in [0.4, 0.5) is 4.79 Å².